The largest absolute Gasteiger partial charge is 0.480 e. The van der Waals surface area contributed by atoms with E-state index >= 15 is 0 Å². The predicted octanol–water partition coefficient (Wildman–Crippen LogP) is 5.41. The van der Waals surface area contributed by atoms with Crippen LogP contribution < -0.4 is 0 Å². The second-order valence-electron chi connectivity index (χ2n) is 6.55. The first-order chi connectivity index (χ1) is 13.4. The van der Waals surface area contributed by atoms with Crippen molar-refractivity contribution >= 4 is 20.0 Å². The third-order valence-electron chi connectivity index (χ3n) is 3.96. The van der Waals surface area contributed by atoms with Crippen molar-refractivity contribution in [1.82, 2.24) is 0 Å². The van der Waals surface area contributed by atoms with Gasteiger partial charge in [-0.1, -0.05) is 33.6 Å². The fourth-order valence-corrected chi connectivity index (χ4v) is 4.28. The molecule has 0 rings (SSSR count). The van der Waals surface area contributed by atoms with Gasteiger partial charge in [0.05, 0.1) is 25.8 Å². The van der Waals surface area contributed by atoms with Gasteiger partial charge < -0.3 is 4.13 Å². The molecule has 0 aromatic carbocycles. The molecule has 0 unspecified atom stereocenters. The molecule has 0 aromatic heterocycles. The molecule has 0 aromatic rings. The Morgan fingerprint density at radius 3 is 1.40 bits per heavy atom. The zero-order chi connectivity index (χ0) is 24.3. The monoisotopic (exact) mass is 492 g/mol. The highest BCUT2D eigenvalue weighted by Crippen LogP contribution is 2.36. The van der Waals surface area contributed by atoms with Crippen LogP contribution in [0.25, 0.3) is 4.13 Å². The highest BCUT2D eigenvalue weighted by Gasteiger charge is 2.46. The molecule has 0 aliphatic carbocycles. The van der Waals surface area contributed by atoms with Crippen LogP contribution in [0, 0.1) is 0 Å². The average Bonchev–Trinajstić information content (AvgIpc) is 2.56. The first-order valence-electron chi connectivity index (χ1n) is 9.31. The fourth-order valence-electron chi connectivity index (χ4n) is 2.57. The van der Waals surface area contributed by atoms with E-state index in [-0.39, 0.29) is 0 Å². The summed E-state index contributed by atoms with van der Waals surface area (Å²) in [6, 6.07) is 0. The lowest BCUT2D eigenvalue weighted by atomic mass is 10.1. The van der Waals surface area contributed by atoms with Gasteiger partial charge in [0.15, 0.2) is 20.0 Å². The topological polar surface area (TPSA) is 82.4 Å². The Hall–Kier alpha value is -0.860. The normalized spacial score (nSPS) is 13.5. The van der Waals surface area contributed by atoms with Gasteiger partial charge in [0.25, 0.3) is 0 Å². The molecule has 0 spiro atoms. The van der Waals surface area contributed by atoms with Crippen molar-refractivity contribution in [2.75, 3.05) is 19.6 Å². The predicted molar refractivity (Wildman–Crippen MR) is 103 cm³/mol. The van der Waals surface area contributed by atoms with Gasteiger partial charge in [-0.15, -0.1) is 0 Å². The molecule has 0 saturated carbocycles. The Morgan fingerprint density at radius 1 is 0.733 bits per heavy atom. The van der Waals surface area contributed by atoms with Gasteiger partial charge in [-0.2, -0.15) is 26.3 Å². The number of sulfonamides is 2. The number of hydrogen-bond acceptors (Lipinski definition) is 4. The van der Waals surface area contributed by atoms with E-state index in [1.165, 1.54) is 58.2 Å². The maximum Gasteiger partial charge on any atom is 0.480 e. The maximum atomic E-state index is 11.4. The number of rotatable bonds is 12. The molecule has 0 aliphatic heterocycles. The molecule has 0 heterocycles. The van der Waals surface area contributed by atoms with Crippen molar-refractivity contribution in [3.05, 3.63) is 16.9 Å². The van der Waals surface area contributed by atoms with Gasteiger partial charge >= 0.3 is 11.0 Å². The summed E-state index contributed by atoms with van der Waals surface area (Å²) >= 11 is 0. The van der Waals surface area contributed by atoms with Crippen LogP contribution in [0.1, 0.15) is 59.3 Å². The number of unbranched alkanes of at least 4 members (excludes halogenated alkanes) is 3. The quantitative estimate of drug-likeness (QED) is 0.207. The van der Waals surface area contributed by atoms with Crippen LogP contribution in [-0.2, 0) is 20.0 Å². The molecular weight excluding hydrogens is 462 g/mol. The Bertz CT molecular complexity index is 656. The highest BCUT2D eigenvalue weighted by molar-refractivity contribution is 8.13. The fraction of sp³-hybridized carbons (Fsp3) is 0.875. The van der Waals surface area contributed by atoms with E-state index in [2.05, 4.69) is 33.6 Å². The molecule has 182 valence electrons. The van der Waals surface area contributed by atoms with Crippen LogP contribution in [-0.4, -0.2) is 52.0 Å². The standard InChI is InChI=1S/C14H30N.C2F6NO4S2/c1-5-9-10-11-14-15(8-4,12-6-2)13-7-3;3-1(4,5)14(10,11)9-15(12,13)2(6,7)8/h8H,4-7,9-14H2,1-3H3;/q+1;-1. The molecule has 0 amide bonds. The van der Waals surface area contributed by atoms with Crippen molar-refractivity contribution in [3.63, 3.8) is 0 Å². The van der Waals surface area contributed by atoms with Crippen molar-refractivity contribution < 1.29 is 47.7 Å². The summed E-state index contributed by atoms with van der Waals surface area (Å²) in [5.41, 5.74) is -12.4. The van der Waals surface area contributed by atoms with Gasteiger partial charge in [-0.05, 0) is 32.3 Å². The lowest BCUT2D eigenvalue weighted by molar-refractivity contribution is -0.879. The molecule has 0 saturated heterocycles. The van der Waals surface area contributed by atoms with Crippen LogP contribution in [0.2, 0.25) is 0 Å². The minimum atomic E-state index is -6.72. The van der Waals surface area contributed by atoms with Gasteiger partial charge in [-0.3, -0.25) is 4.48 Å². The summed E-state index contributed by atoms with van der Waals surface area (Å²) in [6.07, 6.45) is 10.2. The van der Waals surface area contributed by atoms with Crippen molar-refractivity contribution in [2.45, 2.75) is 70.3 Å². The number of alkyl halides is 6. The van der Waals surface area contributed by atoms with Crippen LogP contribution in [0.15, 0.2) is 12.8 Å². The van der Waals surface area contributed by atoms with E-state index in [0.717, 1.165) is 8.61 Å². The molecule has 14 heteroatoms. The van der Waals surface area contributed by atoms with Crippen LogP contribution >= 0.6 is 0 Å². The lowest BCUT2D eigenvalue weighted by Crippen LogP contribution is -2.44. The summed E-state index contributed by atoms with van der Waals surface area (Å²) < 4.78 is 110. The minimum Gasteiger partial charge on any atom is -0.421 e. The molecule has 0 bridgehead atoms. The SMILES string of the molecule is C=C[N+](CCC)(CCC)CCCCCC.O=S(=O)([N-]S(=O)(=O)C(F)(F)F)C(F)(F)F. The highest BCUT2D eigenvalue weighted by atomic mass is 32.3. The third-order valence-corrected chi connectivity index (χ3v) is 6.70. The maximum absolute atomic E-state index is 11.4. The molecule has 6 nitrogen and oxygen atoms in total. The number of quaternary nitrogens is 1. The first-order valence-corrected chi connectivity index (χ1v) is 12.2. The van der Waals surface area contributed by atoms with Crippen molar-refractivity contribution in [2.24, 2.45) is 0 Å². The average molecular weight is 493 g/mol. The smallest absolute Gasteiger partial charge is 0.421 e. The molecule has 30 heavy (non-hydrogen) atoms. The Labute approximate surface area is 175 Å². The number of hydrogen-bond donors (Lipinski definition) is 0. The number of halogens is 6. The number of nitrogens with zero attached hydrogens (tertiary/aromatic N) is 2. The summed E-state index contributed by atoms with van der Waals surface area (Å²) in [6.45, 7) is 14.7. The van der Waals surface area contributed by atoms with Crippen LogP contribution in [0.5, 0.6) is 0 Å². The first kappa shape index (κ1) is 31.3. The Kier molecular flexibility index (Phi) is 13.4. The lowest BCUT2D eigenvalue weighted by Gasteiger charge is -2.34. The van der Waals surface area contributed by atoms with E-state index in [1.807, 2.05) is 0 Å². The summed E-state index contributed by atoms with van der Waals surface area (Å²) in [5.74, 6) is 0. The summed E-state index contributed by atoms with van der Waals surface area (Å²) in [5, 5.41) is 0. The third kappa shape index (κ3) is 11.0. The zero-order valence-electron chi connectivity index (χ0n) is 17.3. The van der Waals surface area contributed by atoms with Gasteiger partial charge in [0.1, 0.15) is 0 Å². The van der Waals surface area contributed by atoms with Crippen LogP contribution in [0.4, 0.5) is 26.3 Å². The van der Waals surface area contributed by atoms with Crippen LogP contribution in [0.3, 0.4) is 0 Å². The summed E-state index contributed by atoms with van der Waals surface area (Å²) in [4.78, 5) is 0. The second-order valence-corrected chi connectivity index (χ2v) is 9.97. The molecule has 0 atom stereocenters. The second kappa shape index (κ2) is 12.9. The van der Waals surface area contributed by atoms with E-state index in [0.29, 0.717) is 0 Å². The summed E-state index contributed by atoms with van der Waals surface area (Å²) in [7, 11) is -13.4. The van der Waals surface area contributed by atoms with Gasteiger partial charge in [-0.25, -0.2) is 16.8 Å². The van der Waals surface area contributed by atoms with Crippen molar-refractivity contribution in [1.29, 1.82) is 0 Å². The van der Waals surface area contributed by atoms with E-state index < -0.39 is 31.1 Å². The van der Waals surface area contributed by atoms with Gasteiger partial charge in [0.2, 0.25) is 0 Å². The van der Waals surface area contributed by atoms with E-state index in [9.17, 15) is 43.2 Å². The van der Waals surface area contributed by atoms with E-state index in [4.69, 9.17) is 0 Å². The van der Waals surface area contributed by atoms with E-state index in [1.54, 1.807) is 0 Å². The molecular formula is C16H30F6N2O4S2. The van der Waals surface area contributed by atoms with Gasteiger partial charge in [0, 0.05) is 0 Å². The zero-order valence-corrected chi connectivity index (χ0v) is 18.9. The molecule has 0 aliphatic rings. The Morgan fingerprint density at radius 2 is 1.13 bits per heavy atom. The Balaban J connectivity index is 0. The molecule has 0 radical (unpaired) electrons. The van der Waals surface area contributed by atoms with Crippen molar-refractivity contribution in [3.8, 4) is 0 Å². The molecule has 0 N–H and O–H groups in total. The molecule has 0 fully saturated rings. The minimum absolute atomic E-state index is 0.778.